The number of hydrogen-bond acceptors (Lipinski definition) is 4. The first-order valence-electron chi connectivity index (χ1n) is 9.13. The van der Waals surface area contributed by atoms with Crippen molar-refractivity contribution in [3.8, 4) is 0 Å². The second-order valence-electron chi connectivity index (χ2n) is 7.23. The molecule has 0 saturated heterocycles. The Morgan fingerprint density at radius 3 is 1.83 bits per heavy atom. The molecule has 0 atom stereocenters. The minimum atomic E-state index is -1.60. The summed E-state index contributed by atoms with van der Waals surface area (Å²) in [6.45, 7) is -0.417. The average molecular weight is 393 g/mol. The van der Waals surface area contributed by atoms with Crippen molar-refractivity contribution in [2.45, 2.75) is 5.41 Å². The molecule has 7 heteroatoms. The van der Waals surface area contributed by atoms with E-state index in [1.807, 2.05) is 0 Å². The number of ether oxygens (including phenoxy) is 1. The maximum atomic E-state index is 13.3. The fourth-order valence-electron chi connectivity index (χ4n) is 3.53. The molecule has 0 spiro atoms. The fourth-order valence-corrected chi connectivity index (χ4v) is 3.53. The third-order valence-corrected chi connectivity index (χ3v) is 4.86. The minimum absolute atomic E-state index is 0.336. The first-order chi connectivity index (χ1) is 13.8. The van der Waals surface area contributed by atoms with Crippen LogP contribution in [-0.2, 0) is 10.2 Å². The highest BCUT2D eigenvalue weighted by Gasteiger charge is 2.55. The van der Waals surface area contributed by atoms with Gasteiger partial charge in [-0.05, 0) is 5.56 Å². The summed E-state index contributed by atoms with van der Waals surface area (Å²) in [5, 5.41) is 0. The molecule has 150 valence electrons. The van der Waals surface area contributed by atoms with Crippen LogP contribution in [0.15, 0.2) is 59.6 Å². The van der Waals surface area contributed by atoms with Crippen LogP contribution in [0.5, 0.6) is 0 Å². The minimum Gasteiger partial charge on any atom is -0.446 e. The normalized spacial score (nSPS) is 14.2. The van der Waals surface area contributed by atoms with E-state index in [4.69, 9.17) is 4.74 Å². The van der Waals surface area contributed by atoms with Gasteiger partial charge >= 0.3 is 6.09 Å². The van der Waals surface area contributed by atoms with Crippen molar-refractivity contribution in [1.82, 2.24) is 9.80 Å². The van der Waals surface area contributed by atoms with E-state index >= 15 is 0 Å². The summed E-state index contributed by atoms with van der Waals surface area (Å²) in [5.41, 5.74) is -0.443. The topological polar surface area (TPSA) is 79.3 Å². The lowest BCUT2D eigenvalue weighted by molar-refractivity contribution is 0.0677. The number of Topliss-reactive ketones (excluding diaryl/α,β-unsaturated/α-hetero) is 2. The quantitative estimate of drug-likeness (QED) is 0.453. The van der Waals surface area contributed by atoms with E-state index < -0.39 is 18.1 Å². The Labute approximate surface area is 169 Å². The molecule has 29 heavy (non-hydrogen) atoms. The number of benzene rings is 2. The number of carbonyl (C=O) groups is 3. The number of carbonyl (C=O) groups excluding carboxylic acids is 3. The van der Waals surface area contributed by atoms with Gasteiger partial charge in [0.2, 0.25) is 5.96 Å². The van der Waals surface area contributed by atoms with E-state index in [-0.39, 0.29) is 11.6 Å². The Bertz CT molecular complexity index is 936. The zero-order chi connectivity index (χ0) is 21.2. The smallest absolute Gasteiger partial charge is 0.436 e. The zero-order valence-corrected chi connectivity index (χ0v) is 16.9. The molecule has 0 N–H and O–H groups in total. The van der Waals surface area contributed by atoms with Crippen molar-refractivity contribution < 1.29 is 19.1 Å². The van der Waals surface area contributed by atoms with E-state index in [2.05, 4.69) is 4.99 Å². The highest BCUT2D eigenvalue weighted by Crippen LogP contribution is 2.40. The predicted molar refractivity (Wildman–Crippen MR) is 109 cm³/mol. The third-order valence-electron chi connectivity index (χ3n) is 4.86. The molecule has 1 aliphatic rings. The SMILES string of the molecule is CN(C)C(=NC(=O)OCC1(c2ccccc2)C(=O)c2ccccc2C1=O)N(C)C. The van der Waals surface area contributed by atoms with Crippen LogP contribution in [0.25, 0.3) is 0 Å². The van der Waals surface area contributed by atoms with Crippen LogP contribution in [0.4, 0.5) is 4.79 Å². The van der Waals surface area contributed by atoms with Crippen LogP contribution in [-0.4, -0.2) is 68.2 Å². The van der Waals surface area contributed by atoms with Crippen molar-refractivity contribution in [3.05, 3.63) is 71.3 Å². The van der Waals surface area contributed by atoms with Crippen LogP contribution in [0, 0.1) is 0 Å². The van der Waals surface area contributed by atoms with Gasteiger partial charge < -0.3 is 14.5 Å². The molecule has 3 rings (SSSR count). The standard InChI is InChI=1S/C22H23N3O4/c1-24(2)20(25(3)4)23-21(28)29-14-22(15-10-6-5-7-11-15)18(26)16-12-8-9-13-17(16)19(22)27/h5-13H,14H2,1-4H3. The molecular formula is C22H23N3O4. The van der Waals surface area contributed by atoms with Gasteiger partial charge in [0.1, 0.15) is 6.61 Å². The molecule has 0 radical (unpaired) electrons. The van der Waals surface area contributed by atoms with E-state index in [1.54, 1.807) is 92.6 Å². The largest absolute Gasteiger partial charge is 0.446 e. The number of aliphatic imine (C=N–C) groups is 1. The second kappa shape index (κ2) is 7.87. The molecule has 0 aliphatic heterocycles. The molecule has 1 aliphatic carbocycles. The summed E-state index contributed by atoms with van der Waals surface area (Å²) in [6.07, 6.45) is -0.866. The van der Waals surface area contributed by atoms with Gasteiger partial charge in [-0.1, -0.05) is 54.6 Å². The molecule has 7 nitrogen and oxygen atoms in total. The maximum absolute atomic E-state index is 13.3. The highest BCUT2D eigenvalue weighted by molar-refractivity contribution is 6.33. The van der Waals surface area contributed by atoms with Crippen molar-refractivity contribution in [2.24, 2.45) is 4.99 Å². The monoisotopic (exact) mass is 393 g/mol. The van der Waals surface area contributed by atoms with E-state index in [0.717, 1.165) is 0 Å². The zero-order valence-electron chi connectivity index (χ0n) is 16.9. The Morgan fingerprint density at radius 2 is 1.34 bits per heavy atom. The average Bonchev–Trinajstić information content (AvgIpc) is 2.93. The van der Waals surface area contributed by atoms with Crippen LogP contribution < -0.4 is 0 Å². The van der Waals surface area contributed by atoms with Crippen molar-refractivity contribution in [1.29, 1.82) is 0 Å². The van der Waals surface area contributed by atoms with E-state index in [1.165, 1.54) is 0 Å². The summed E-state index contributed by atoms with van der Waals surface area (Å²) in [5.74, 6) is -0.362. The molecule has 1 amide bonds. The van der Waals surface area contributed by atoms with Gasteiger partial charge in [-0.2, -0.15) is 0 Å². The van der Waals surface area contributed by atoms with E-state index in [0.29, 0.717) is 22.6 Å². The molecule has 0 unspecified atom stereocenters. The lowest BCUT2D eigenvalue weighted by Crippen LogP contribution is -2.43. The molecule has 2 aromatic carbocycles. The first-order valence-corrected chi connectivity index (χ1v) is 9.13. The Kier molecular flexibility index (Phi) is 5.50. The predicted octanol–water partition coefficient (Wildman–Crippen LogP) is 2.62. The molecule has 0 heterocycles. The summed E-state index contributed by atoms with van der Waals surface area (Å²) in [7, 11) is 6.99. The van der Waals surface area contributed by atoms with Gasteiger partial charge in [0.15, 0.2) is 17.0 Å². The summed E-state index contributed by atoms with van der Waals surface area (Å²) < 4.78 is 5.37. The maximum Gasteiger partial charge on any atom is 0.436 e. The number of rotatable bonds is 3. The third kappa shape index (κ3) is 3.51. The number of fused-ring (bicyclic) bond motifs is 1. The van der Waals surface area contributed by atoms with Crippen LogP contribution in [0.2, 0.25) is 0 Å². The van der Waals surface area contributed by atoms with Gasteiger partial charge in [-0.25, -0.2) is 4.79 Å². The fraction of sp³-hybridized carbons (Fsp3) is 0.273. The lowest BCUT2D eigenvalue weighted by Gasteiger charge is -2.26. The number of nitrogens with zero attached hydrogens (tertiary/aromatic N) is 3. The molecule has 0 aromatic heterocycles. The Hall–Kier alpha value is -3.48. The number of amides is 1. The molecule has 0 saturated carbocycles. The van der Waals surface area contributed by atoms with Crippen molar-refractivity contribution >= 4 is 23.6 Å². The summed E-state index contributed by atoms with van der Waals surface area (Å²) in [4.78, 5) is 46.3. The van der Waals surface area contributed by atoms with Gasteiger partial charge in [0.05, 0.1) is 0 Å². The summed E-state index contributed by atoms with van der Waals surface area (Å²) in [6, 6.07) is 15.4. The highest BCUT2D eigenvalue weighted by atomic mass is 16.5. The number of guanidine groups is 1. The molecular weight excluding hydrogens is 370 g/mol. The van der Waals surface area contributed by atoms with Gasteiger partial charge in [-0.15, -0.1) is 4.99 Å². The number of hydrogen-bond donors (Lipinski definition) is 0. The van der Waals surface area contributed by atoms with E-state index in [9.17, 15) is 14.4 Å². The van der Waals surface area contributed by atoms with Crippen LogP contribution >= 0.6 is 0 Å². The first kappa shape index (κ1) is 20.3. The molecule has 0 bridgehead atoms. The number of ketones is 2. The summed E-state index contributed by atoms with van der Waals surface area (Å²) >= 11 is 0. The van der Waals surface area contributed by atoms with Crippen LogP contribution in [0.1, 0.15) is 26.3 Å². The molecule has 2 aromatic rings. The van der Waals surface area contributed by atoms with Crippen molar-refractivity contribution in [2.75, 3.05) is 34.8 Å². The lowest BCUT2D eigenvalue weighted by atomic mass is 9.76. The van der Waals surface area contributed by atoms with Crippen LogP contribution in [0.3, 0.4) is 0 Å². The van der Waals surface area contributed by atoms with Crippen molar-refractivity contribution in [3.63, 3.8) is 0 Å². The molecule has 0 fully saturated rings. The Balaban J connectivity index is 1.98. The van der Waals surface area contributed by atoms with Gasteiger partial charge in [-0.3, -0.25) is 9.59 Å². The van der Waals surface area contributed by atoms with Gasteiger partial charge in [0, 0.05) is 39.3 Å². The second-order valence-corrected chi connectivity index (χ2v) is 7.23. The Morgan fingerprint density at radius 1 is 0.862 bits per heavy atom. The van der Waals surface area contributed by atoms with Gasteiger partial charge in [0.25, 0.3) is 0 Å².